The molecule has 0 heterocycles. The van der Waals surface area contributed by atoms with Crippen LogP contribution in [-0.2, 0) is 0 Å². The summed E-state index contributed by atoms with van der Waals surface area (Å²) in [7, 11) is 0. The van der Waals surface area contributed by atoms with Crippen LogP contribution in [0.2, 0.25) is 0 Å². The number of hydrogen-bond acceptors (Lipinski definition) is 2. The molecule has 0 amide bonds. The lowest BCUT2D eigenvalue weighted by Gasteiger charge is -2.06. The number of ketones is 1. The maximum atomic E-state index is 11.8. The Labute approximate surface area is 91.0 Å². The van der Waals surface area contributed by atoms with E-state index in [0.717, 1.165) is 11.1 Å². The number of nitrogens with one attached hydrogen (secondary N) is 1. The first-order chi connectivity index (χ1) is 7.11. The summed E-state index contributed by atoms with van der Waals surface area (Å²) in [5, 5.41) is 3.11. The highest BCUT2D eigenvalue weighted by Gasteiger charge is 2.06. The van der Waals surface area contributed by atoms with Crippen molar-refractivity contribution in [1.82, 2.24) is 5.32 Å². The molecule has 0 saturated carbocycles. The monoisotopic (exact) mass is 203 g/mol. The van der Waals surface area contributed by atoms with E-state index in [2.05, 4.69) is 5.32 Å². The van der Waals surface area contributed by atoms with E-state index in [-0.39, 0.29) is 5.78 Å². The van der Waals surface area contributed by atoms with Gasteiger partial charge >= 0.3 is 0 Å². The average Bonchev–Trinajstić information content (AvgIpc) is 2.26. The molecule has 15 heavy (non-hydrogen) atoms. The summed E-state index contributed by atoms with van der Waals surface area (Å²) in [6, 6.07) is 9.66. The van der Waals surface area contributed by atoms with Gasteiger partial charge in [0.25, 0.3) is 0 Å². The first kappa shape index (κ1) is 11.5. The summed E-state index contributed by atoms with van der Waals surface area (Å²) in [5.74, 6) is 0.0729. The van der Waals surface area contributed by atoms with Crippen molar-refractivity contribution in [3.05, 3.63) is 47.7 Å². The third-order valence-corrected chi connectivity index (χ3v) is 2.03. The Bertz CT molecular complexity index is 352. The Morgan fingerprint density at radius 3 is 2.40 bits per heavy atom. The lowest BCUT2D eigenvalue weighted by atomic mass is 10.1. The van der Waals surface area contributed by atoms with Gasteiger partial charge in [-0.25, -0.2) is 0 Å². The molecule has 0 fully saturated rings. The van der Waals surface area contributed by atoms with E-state index in [1.165, 1.54) is 0 Å². The van der Waals surface area contributed by atoms with Gasteiger partial charge in [0, 0.05) is 23.4 Å². The van der Waals surface area contributed by atoms with Crippen LogP contribution in [-0.4, -0.2) is 11.8 Å². The van der Waals surface area contributed by atoms with Crippen LogP contribution in [0.3, 0.4) is 0 Å². The van der Waals surface area contributed by atoms with Crippen LogP contribution in [0.5, 0.6) is 0 Å². The normalized spacial score (nSPS) is 11.6. The zero-order valence-electron chi connectivity index (χ0n) is 9.45. The lowest BCUT2D eigenvalue weighted by Crippen LogP contribution is -2.17. The van der Waals surface area contributed by atoms with E-state index in [1.54, 1.807) is 6.20 Å². The summed E-state index contributed by atoms with van der Waals surface area (Å²) in [5.41, 5.74) is 1.46. The zero-order valence-corrected chi connectivity index (χ0v) is 9.45. The molecule has 0 unspecified atom stereocenters. The van der Waals surface area contributed by atoms with Crippen molar-refractivity contribution in [3.8, 4) is 0 Å². The fourth-order valence-electron chi connectivity index (χ4n) is 1.17. The second kappa shape index (κ2) is 5.35. The van der Waals surface area contributed by atoms with Gasteiger partial charge in [0.15, 0.2) is 5.78 Å². The van der Waals surface area contributed by atoms with Crippen LogP contribution in [0.15, 0.2) is 42.1 Å². The minimum Gasteiger partial charge on any atom is -0.388 e. The first-order valence-corrected chi connectivity index (χ1v) is 5.14. The fourth-order valence-corrected chi connectivity index (χ4v) is 1.17. The van der Waals surface area contributed by atoms with E-state index in [9.17, 15) is 4.79 Å². The molecule has 0 saturated heterocycles. The van der Waals surface area contributed by atoms with Crippen LogP contribution < -0.4 is 5.32 Å². The van der Waals surface area contributed by atoms with E-state index < -0.39 is 0 Å². The summed E-state index contributed by atoms with van der Waals surface area (Å²) < 4.78 is 0. The number of carbonyl (C=O) groups is 1. The number of allylic oxidation sites excluding steroid dienone is 1. The fraction of sp³-hybridized carbons (Fsp3) is 0.308. The van der Waals surface area contributed by atoms with Gasteiger partial charge in [0.05, 0.1) is 0 Å². The van der Waals surface area contributed by atoms with Crippen molar-refractivity contribution in [1.29, 1.82) is 0 Å². The summed E-state index contributed by atoms with van der Waals surface area (Å²) in [4.78, 5) is 11.8. The molecule has 0 spiro atoms. The van der Waals surface area contributed by atoms with Gasteiger partial charge in [-0.15, -0.1) is 0 Å². The smallest absolute Gasteiger partial charge is 0.190 e. The molecule has 1 rings (SSSR count). The average molecular weight is 203 g/mol. The lowest BCUT2D eigenvalue weighted by molar-refractivity contribution is 0.103. The Morgan fingerprint density at radius 2 is 1.87 bits per heavy atom. The zero-order chi connectivity index (χ0) is 11.3. The molecule has 2 nitrogen and oxygen atoms in total. The van der Waals surface area contributed by atoms with Crippen LogP contribution >= 0.6 is 0 Å². The van der Waals surface area contributed by atoms with Gasteiger partial charge in [0.1, 0.15) is 0 Å². The van der Waals surface area contributed by atoms with E-state index in [1.807, 2.05) is 51.1 Å². The molecule has 1 aromatic carbocycles. The quantitative estimate of drug-likeness (QED) is 0.602. The second-order valence-corrected chi connectivity index (χ2v) is 3.84. The molecule has 0 bridgehead atoms. The van der Waals surface area contributed by atoms with Crippen LogP contribution in [0.1, 0.15) is 31.1 Å². The maximum absolute atomic E-state index is 11.8. The van der Waals surface area contributed by atoms with Crippen molar-refractivity contribution >= 4 is 5.78 Å². The highest BCUT2D eigenvalue weighted by Crippen LogP contribution is 2.06. The van der Waals surface area contributed by atoms with Crippen LogP contribution in [0.4, 0.5) is 0 Å². The SMILES string of the molecule is C/C(=C\NC(C)C)C(=O)c1ccccc1. The molecule has 1 N–H and O–H groups in total. The van der Waals surface area contributed by atoms with Crippen molar-refractivity contribution in [3.63, 3.8) is 0 Å². The Kier molecular flexibility index (Phi) is 4.10. The topological polar surface area (TPSA) is 29.1 Å². The molecule has 0 radical (unpaired) electrons. The predicted molar refractivity (Wildman–Crippen MR) is 62.8 cm³/mol. The van der Waals surface area contributed by atoms with Crippen molar-refractivity contribution < 1.29 is 4.79 Å². The minimum atomic E-state index is 0.0729. The van der Waals surface area contributed by atoms with E-state index in [0.29, 0.717) is 6.04 Å². The third kappa shape index (κ3) is 3.58. The molecule has 1 aromatic rings. The van der Waals surface area contributed by atoms with Gasteiger partial charge in [-0.2, -0.15) is 0 Å². The molecular weight excluding hydrogens is 186 g/mol. The van der Waals surface area contributed by atoms with Crippen molar-refractivity contribution in [2.75, 3.05) is 0 Å². The van der Waals surface area contributed by atoms with Gasteiger partial charge in [-0.1, -0.05) is 30.3 Å². The van der Waals surface area contributed by atoms with E-state index >= 15 is 0 Å². The highest BCUT2D eigenvalue weighted by atomic mass is 16.1. The van der Waals surface area contributed by atoms with Gasteiger partial charge < -0.3 is 5.32 Å². The molecule has 0 aliphatic carbocycles. The summed E-state index contributed by atoms with van der Waals surface area (Å²) in [6.07, 6.45) is 1.78. The predicted octanol–water partition coefficient (Wildman–Crippen LogP) is 2.77. The molecule has 2 heteroatoms. The number of hydrogen-bond donors (Lipinski definition) is 1. The minimum absolute atomic E-state index is 0.0729. The van der Waals surface area contributed by atoms with Crippen LogP contribution in [0.25, 0.3) is 0 Å². The number of Topliss-reactive ketones (excluding diaryl/α,β-unsaturated/α-hetero) is 1. The molecule has 0 aliphatic heterocycles. The molecule has 0 atom stereocenters. The van der Waals surface area contributed by atoms with E-state index in [4.69, 9.17) is 0 Å². The van der Waals surface area contributed by atoms with Crippen molar-refractivity contribution in [2.45, 2.75) is 26.8 Å². The maximum Gasteiger partial charge on any atom is 0.190 e. The van der Waals surface area contributed by atoms with Crippen molar-refractivity contribution in [2.24, 2.45) is 0 Å². The van der Waals surface area contributed by atoms with Crippen LogP contribution in [0, 0.1) is 0 Å². The molecular formula is C13H17NO. The van der Waals surface area contributed by atoms with Gasteiger partial charge in [0.2, 0.25) is 0 Å². The molecule has 0 aliphatic rings. The first-order valence-electron chi connectivity index (χ1n) is 5.14. The second-order valence-electron chi connectivity index (χ2n) is 3.84. The summed E-state index contributed by atoms with van der Waals surface area (Å²) >= 11 is 0. The Balaban J connectivity index is 2.73. The number of benzene rings is 1. The Hall–Kier alpha value is -1.57. The highest BCUT2D eigenvalue weighted by molar-refractivity contribution is 6.08. The van der Waals surface area contributed by atoms with Gasteiger partial charge in [-0.05, 0) is 20.8 Å². The Morgan fingerprint density at radius 1 is 1.27 bits per heavy atom. The largest absolute Gasteiger partial charge is 0.388 e. The summed E-state index contributed by atoms with van der Waals surface area (Å²) in [6.45, 7) is 5.90. The number of rotatable bonds is 4. The molecule has 80 valence electrons. The third-order valence-electron chi connectivity index (χ3n) is 2.03. The standard InChI is InChI=1S/C13H17NO/c1-10(2)14-9-11(3)13(15)12-7-5-4-6-8-12/h4-10,14H,1-3H3/b11-9+. The number of carbonyl (C=O) groups excluding carboxylic acids is 1. The molecule has 0 aromatic heterocycles. The van der Waals surface area contributed by atoms with Gasteiger partial charge in [-0.3, -0.25) is 4.79 Å².